The molecule has 0 aliphatic carbocycles. The van der Waals surface area contributed by atoms with Gasteiger partial charge in [0.2, 0.25) is 0 Å². The van der Waals surface area contributed by atoms with Crippen LogP contribution in [-0.4, -0.2) is 23.7 Å². The van der Waals surface area contributed by atoms with Gasteiger partial charge in [0.1, 0.15) is 0 Å². The molecule has 4 heteroatoms. The standard InChI is InChI=1S/C14H22O4/c1-2-3-4-5-6-9-12-18-14(17)11-8-7-10-13(15)16/h7-8,10-11H,2-6,9,12H2,1H3,(H,15,16)/b10-7-,11-8-. The fourth-order valence-electron chi connectivity index (χ4n) is 1.38. The average Bonchev–Trinajstić information content (AvgIpc) is 2.33. The van der Waals surface area contributed by atoms with Crippen LogP contribution in [0.15, 0.2) is 24.3 Å². The van der Waals surface area contributed by atoms with Crippen LogP contribution in [-0.2, 0) is 14.3 Å². The number of esters is 1. The number of aliphatic carboxylic acids is 1. The van der Waals surface area contributed by atoms with Crippen LogP contribution in [0.1, 0.15) is 45.4 Å². The summed E-state index contributed by atoms with van der Waals surface area (Å²) >= 11 is 0. The van der Waals surface area contributed by atoms with Crippen molar-refractivity contribution in [2.24, 2.45) is 0 Å². The molecule has 0 aromatic heterocycles. The predicted molar refractivity (Wildman–Crippen MR) is 70.3 cm³/mol. The highest BCUT2D eigenvalue weighted by molar-refractivity contribution is 5.83. The van der Waals surface area contributed by atoms with E-state index in [2.05, 4.69) is 6.92 Å². The second-order valence-corrected chi connectivity index (χ2v) is 3.99. The van der Waals surface area contributed by atoms with Crippen molar-refractivity contribution in [3.63, 3.8) is 0 Å². The van der Waals surface area contributed by atoms with Crippen molar-refractivity contribution in [2.75, 3.05) is 6.61 Å². The molecular weight excluding hydrogens is 232 g/mol. The van der Waals surface area contributed by atoms with Gasteiger partial charge in [-0.3, -0.25) is 0 Å². The lowest BCUT2D eigenvalue weighted by Gasteiger charge is -2.01. The first-order valence-electron chi connectivity index (χ1n) is 6.41. The molecule has 0 amide bonds. The maximum atomic E-state index is 11.1. The molecule has 0 atom stereocenters. The third-order valence-corrected chi connectivity index (χ3v) is 2.32. The number of ether oxygens (including phenoxy) is 1. The summed E-state index contributed by atoms with van der Waals surface area (Å²) in [5.74, 6) is -1.47. The summed E-state index contributed by atoms with van der Waals surface area (Å²) in [5.41, 5.74) is 0. The average molecular weight is 254 g/mol. The summed E-state index contributed by atoms with van der Waals surface area (Å²) < 4.78 is 4.95. The van der Waals surface area contributed by atoms with E-state index in [1.54, 1.807) is 0 Å². The Morgan fingerprint density at radius 2 is 1.61 bits per heavy atom. The SMILES string of the molecule is CCCCCCCCOC(=O)/C=C\C=C/C(=O)O. The van der Waals surface area contributed by atoms with Crippen LogP contribution in [0.2, 0.25) is 0 Å². The summed E-state index contributed by atoms with van der Waals surface area (Å²) in [6.07, 6.45) is 11.7. The van der Waals surface area contributed by atoms with E-state index in [-0.39, 0.29) is 0 Å². The highest BCUT2D eigenvalue weighted by Gasteiger charge is 1.96. The fraction of sp³-hybridized carbons (Fsp3) is 0.571. The Hall–Kier alpha value is -1.58. The molecule has 0 aromatic rings. The zero-order valence-electron chi connectivity index (χ0n) is 10.9. The molecule has 0 aromatic carbocycles. The van der Waals surface area contributed by atoms with Gasteiger partial charge in [-0.1, -0.05) is 51.2 Å². The largest absolute Gasteiger partial charge is 0.478 e. The van der Waals surface area contributed by atoms with E-state index >= 15 is 0 Å². The van der Waals surface area contributed by atoms with Gasteiger partial charge in [0.25, 0.3) is 0 Å². The first-order valence-corrected chi connectivity index (χ1v) is 6.41. The summed E-state index contributed by atoms with van der Waals surface area (Å²) in [7, 11) is 0. The first kappa shape index (κ1) is 16.4. The summed E-state index contributed by atoms with van der Waals surface area (Å²) in [6.45, 7) is 2.60. The molecule has 0 bridgehead atoms. The van der Waals surface area contributed by atoms with Crippen molar-refractivity contribution in [1.82, 2.24) is 0 Å². The number of allylic oxidation sites excluding steroid dienone is 2. The molecule has 1 N–H and O–H groups in total. The fourth-order valence-corrected chi connectivity index (χ4v) is 1.38. The van der Waals surface area contributed by atoms with E-state index in [0.29, 0.717) is 6.61 Å². The molecule has 0 fully saturated rings. The maximum absolute atomic E-state index is 11.1. The molecule has 4 nitrogen and oxygen atoms in total. The lowest BCUT2D eigenvalue weighted by Crippen LogP contribution is -2.02. The lowest BCUT2D eigenvalue weighted by atomic mass is 10.1. The van der Waals surface area contributed by atoms with Gasteiger partial charge in [0.15, 0.2) is 0 Å². The van der Waals surface area contributed by atoms with Crippen LogP contribution in [0.3, 0.4) is 0 Å². The van der Waals surface area contributed by atoms with Crippen molar-refractivity contribution >= 4 is 11.9 Å². The van der Waals surface area contributed by atoms with E-state index in [0.717, 1.165) is 18.9 Å². The summed E-state index contributed by atoms with van der Waals surface area (Å²) in [6, 6.07) is 0. The normalized spacial score (nSPS) is 11.2. The summed E-state index contributed by atoms with van der Waals surface area (Å²) in [4.78, 5) is 21.3. The number of carboxylic acid groups (broad SMARTS) is 1. The molecule has 0 heterocycles. The molecule has 0 aliphatic rings. The minimum absolute atomic E-state index is 0.429. The number of carbonyl (C=O) groups is 2. The molecular formula is C14H22O4. The predicted octanol–water partition coefficient (Wildman–Crippen LogP) is 3.09. The minimum Gasteiger partial charge on any atom is -0.478 e. The van der Waals surface area contributed by atoms with Crippen LogP contribution < -0.4 is 0 Å². The van der Waals surface area contributed by atoms with E-state index in [9.17, 15) is 9.59 Å². The summed E-state index contributed by atoms with van der Waals surface area (Å²) in [5, 5.41) is 8.30. The van der Waals surface area contributed by atoms with Crippen LogP contribution in [0.25, 0.3) is 0 Å². The molecule has 0 radical (unpaired) electrons. The van der Waals surface area contributed by atoms with Gasteiger partial charge in [-0.25, -0.2) is 9.59 Å². The van der Waals surface area contributed by atoms with E-state index in [1.807, 2.05) is 0 Å². The molecule has 0 aliphatic heterocycles. The Balaban J connectivity index is 3.45. The Labute approximate surface area is 108 Å². The van der Waals surface area contributed by atoms with E-state index < -0.39 is 11.9 Å². The number of hydrogen-bond donors (Lipinski definition) is 1. The van der Waals surface area contributed by atoms with Crippen molar-refractivity contribution < 1.29 is 19.4 Å². The van der Waals surface area contributed by atoms with Gasteiger partial charge in [-0.2, -0.15) is 0 Å². The zero-order chi connectivity index (χ0) is 13.6. The molecule has 102 valence electrons. The van der Waals surface area contributed by atoms with Crippen LogP contribution in [0.4, 0.5) is 0 Å². The third-order valence-electron chi connectivity index (χ3n) is 2.32. The van der Waals surface area contributed by atoms with Gasteiger partial charge in [0, 0.05) is 12.2 Å². The second-order valence-electron chi connectivity index (χ2n) is 3.99. The first-order chi connectivity index (χ1) is 8.66. The van der Waals surface area contributed by atoms with Crippen LogP contribution >= 0.6 is 0 Å². The lowest BCUT2D eigenvalue weighted by molar-refractivity contribution is -0.138. The Bertz CT molecular complexity index is 292. The van der Waals surface area contributed by atoms with Crippen molar-refractivity contribution in [2.45, 2.75) is 45.4 Å². The van der Waals surface area contributed by atoms with Crippen molar-refractivity contribution in [3.05, 3.63) is 24.3 Å². The minimum atomic E-state index is -1.04. The topological polar surface area (TPSA) is 63.6 Å². The van der Waals surface area contributed by atoms with Crippen LogP contribution in [0, 0.1) is 0 Å². The number of carbonyl (C=O) groups excluding carboxylic acids is 1. The highest BCUT2D eigenvalue weighted by Crippen LogP contribution is 2.04. The van der Waals surface area contributed by atoms with Gasteiger partial charge in [-0.15, -0.1) is 0 Å². The molecule has 0 saturated heterocycles. The number of unbranched alkanes of at least 4 members (excludes halogenated alkanes) is 5. The quantitative estimate of drug-likeness (QED) is 0.281. The number of rotatable bonds is 10. The van der Waals surface area contributed by atoms with Gasteiger partial charge in [0.05, 0.1) is 6.61 Å². The Kier molecular flexibility index (Phi) is 10.8. The monoisotopic (exact) mass is 254 g/mol. The molecule has 0 rings (SSSR count). The molecule has 0 spiro atoms. The molecule has 0 unspecified atom stereocenters. The van der Waals surface area contributed by atoms with Gasteiger partial charge in [-0.05, 0) is 6.42 Å². The smallest absolute Gasteiger partial charge is 0.330 e. The molecule has 18 heavy (non-hydrogen) atoms. The van der Waals surface area contributed by atoms with Gasteiger partial charge < -0.3 is 9.84 Å². The third kappa shape index (κ3) is 12.5. The zero-order valence-corrected chi connectivity index (χ0v) is 10.9. The number of hydrogen-bond acceptors (Lipinski definition) is 3. The highest BCUT2D eigenvalue weighted by atomic mass is 16.5. The molecule has 0 saturated carbocycles. The Morgan fingerprint density at radius 3 is 2.28 bits per heavy atom. The Morgan fingerprint density at radius 1 is 1.00 bits per heavy atom. The number of carboxylic acids is 1. The van der Waals surface area contributed by atoms with E-state index in [4.69, 9.17) is 9.84 Å². The van der Waals surface area contributed by atoms with Crippen molar-refractivity contribution in [3.8, 4) is 0 Å². The maximum Gasteiger partial charge on any atom is 0.330 e. The van der Waals surface area contributed by atoms with Crippen molar-refractivity contribution in [1.29, 1.82) is 0 Å². The van der Waals surface area contributed by atoms with E-state index in [1.165, 1.54) is 43.9 Å². The second kappa shape index (κ2) is 11.9. The van der Waals surface area contributed by atoms with Gasteiger partial charge >= 0.3 is 11.9 Å². The van der Waals surface area contributed by atoms with Crippen LogP contribution in [0.5, 0.6) is 0 Å².